The molecule has 3 N–H and O–H groups in total. The third kappa shape index (κ3) is 2.63. The molecule has 2 rings (SSSR count). The van der Waals surface area contributed by atoms with Crippen LogP contribution in [0.4, 0.5) is 0 Å². The van der Waals surface area contributed by atoms with Crippen LogP contribution >= 0.6 is 11.6 Å². The van der Waals surface area contributed by atoms with Crippen molar-refractivity contribution in [3.05, 3.63) is 52.5 Å². The lowest BCUT2D eigenvalue weighted by atomic mass is 10.1. The second kappa shape index (κ2) is 5.20. The van der Waals surface area contributed by atoms with Gasteiger partial charge in [-0.3, -0.25) is 4.79 Å². The molecule has 0 fully saturated rings. The Labute approximate surface area is 115 Å². The largest absolute Gasteiger partial charge is 0.508 e. The minimum Gasteiger partial charge on any atom is -0.508 e. The van der Waals surface area contributed by atoms with Crippen LogP contribution in [0, 0.1) is 6.92 Å². The summed E-state index contributed by atoms with van der Waals surface area (Å²) >= 11 is 5.93. The summed E-state index contributed by atoms with van der Waals surface area (Å²) < 4.78 is 5.62. The van der Waals surface area contributed by atoms with E-state index in [1.54, 1.807) is 43.3 Å². The predicted octanol–water partition coefficient (Wildman–Crippen LogP) is 3.25. The van der Waals surface area contributed by atoms with Gasteiger partial charge >= 0.3 is 0 Å². The van der Waals surface area contributed by atoms with Gasteiger partial charge in [0.2, 0.25) is 0 Å². The van der Waals surface area contributed by atoms with Crippen LogP contribution in [-0.4, -0.2) is 11.0 Å². The molecule has 0 heterocycles. The Bertz CT molecular complexity index is 641. The van der Waals surface area contributed by atoms with Crippen molar-refractivity contribution in [2.75, 3.05) is 0 Å². The van der Waals surface area contributed by atoms with Crippen LogP contribution in [0.25, 0.3) is 0 Å². The Hall–Kier alpha value is -2.20. The first-order valence-corrected chi connectivity index (χ1v) is 5.93. The number of hydrogen-bond donors (Lipinski definition) is 2. The topological polar surface area (TPSA) is 72.6 Å². The molecule has 0 saturated heterocycles. The number of carbonyl (C=O) groups is 1. The maximum absolute atomic E-state index is 11.4. The van der Waals surface area contributed by atoms with Gasteiger partial charge in [-0.2, -0.15) is 0 Å². The van der Waals surface area contributed by atoms with E-state index in [9.17, 15) is 9.90 Å². The summed E-state index contributed by atoms with van der Waals surface area (Å²) in [4.78, 5) is 11.4. The molecule has 0 aliphatic heterocycles. The molecule has 2 aromatic carbocycles. The van der Waals surface area contributed by atoms with E-state index in [4.69, 9.17) is 22.1 Å². The zero-order valence-electron chi connectivity index (χ0n) is 10.2. The maximum atomic E-state index is 11.4. The Balaban J connectivity index is 2.47. The normalized spacial score (nSPS) is 10.2. The van der Waals surface area contributed by atoms with E-state index in [1.807, 2.05) is 0 Å². The molecule has 0 aliphatic carbocycles. The number of phenolic OH excluding ortho intramolecular Hbond substituents is 1. The van der Waals surface area contributed by atoms with E-state index in [0.29, 0.717) is 11.3 Å². The number of rotatable bonds is 3. The Morgan fingerprint density at radius 3 is 2.53 bits per heavy atom. The first kappa shape index (κ1) is 13.2. The maximum Gasteiger partial charge on any atom is 0.254 e. The molecule has 1 amide bonds. The van der Waals surface area contributed by atoms with Crippen molar-refractivity contribution in [2.45, 2.75) is 6.92 Å². The molecule has 0 aliphatic rings. The smallest absolute Gasteiger partial charge is 0.254 e. The second-order valence-electron chi connectivity index (χ2n) is 3.98. The average molecular weight is 278 g/mol. The van der Waals surface area contributed by atoms with Gasteiger partial charge in [0.25, 0.3) is 5.91 Å². The molecule has 0 radical (unpaired) electrons. The van der Waals surface area contributed by atoms with E-state index < -0.39 is 5.91 Å². The number of hydrogen-bond acceptors (Lipinski definition) is 3. The van der Waals surface area contributed by atoms with Crippen LogP contribution in [0.1, 0.15) is 15.9 Å². The van der Waals surface area contributed by atoms with Crippen molar-refractivity contribution < 1.29 is 14.6 Å². The average Bonchev–Trinajstić information content (AvgIpc) is 2.34. The number of amides is 1. The molecule has 0 bridgehead atoms. The fourth-order valence-electron chi connectivity index (χ4n) is 1.66. The third-order valence-electron chi connectivity index (χ3n) is 2.70. The molecule has 0 saturated carbocycles. The number of benzene rings is 2. The summed E-state index contributed by atoms with van der Waals surface area (Å²) in [5.74, 6) is 0.136. The Morgan fingerprint density at radius 2 is 1.84 bits per heavy atom. The molecule has 19 heavy (non-hydrogen) atoms. The van der Waals surface area contributed by atoms with E-state index in [-0.39, 0.29) is 22.1 Å². The summed E-state index contributed by atoms with van der Waals surface area (Å²) in [5.41, 5.74) is 5.97. The van der Waals surface area contributed by atoms with Crippen molar-refractivity contribution >= 4 is 17.5 Å². The van der Waals surface area contributed by atoms with Crippen LogP contribution in [0.5, 0.6) is 17.2 Å². The number of halogens is 1. The number of phenols is 1. The summed E-state index contributed by atoms with van der Waals surface area (Å²) in [7, 11) is 0. The van der Waals surface area contributed by atoms with Crippen LogP contribution in [-0.2, 0) is 0 Å². The zero-order valence-corrected chi connectivity index (χ0v) is 10.9. The molecular formula is C14H12ClNO3. The van der Waals surface area contributed by atoms with Gasteiger partial charge in [-0.15, -0.1) is 0 Å². The first-order chi connectivity index (χ1) is 9.00. The summed E-state index contributed by atoms with van der Waals surface area (Å²) in [6, 6.07) is 9.68. The highest BCUT2D eigenvalue weighted by Gasteiger charge is 2.15. The van der Waals surface area contributed by atoms with Crippen molar-refractivity contribution in [1.82, 2.24) is 0 Å². The van der Waals surface area contributed by atoms with Gasteiger partial charge in [-0.25, -0.2) is 0 Å². The summed E-state index contributed by atoms with van der Waals surface area (Å²) in [6.07, 6.45) is 0. The molecule has 5 heteroatoms. The Kier molecular flexibility index (Phi) is 3.62. The quantitative estimate of drug-likeness (QED) is 0.904. The molecule has 0 atom stereocenters. The molecular weight excluding hydrogens is 266 g/mol. The monoisotopic (exact) mass is 277 g/mol. The number of carbonyl (C=O) groups excluding carboxylic acids is 1. The van der Waals surface area contributed by atoms with Crippen LogP contribution in [0.2, 0.25) is 5.02 Å². The Morgan fingerprint density at radius 1 is 1.21 bits per heavy atom. The number of primary amides is 1. The fraction of sp³-hybridized carbons (Fsp3) is 0.0714. The van der Waals surface area contributed by atoms with E-state index >= 15 is 0 Å². The molecule has 2 aromatic rings. The summed E-state index contributed by atoms with van der Waals surface area (Å²) in [5, 5.41) is 9.84. The van der Waals surface area contributed by atoms with E-state index in [2.05, 4.69) is 0 Å². The van der Waals surface area contributed by atoms with E-state index in [0.717, 1.165) is 0 Å². The number of ether oxygens (including phenoxy) is 1. The third-order valence-corrected chi connectivity index (χ3v) is 3.01. The lowest BCUT2D eigenvalue weighted by Crippen LogP contribution is -2.13. The minimum absolute atomic E-state index is 0.111. The van der Waals surface area contributed by atoms with Crippen LogP contribution in [0.3, 0.4) is 0 Å². The van der Waals surface area contributed by atoms with Crippen molar-refractivity contribution in [1.29, 1.82) is 0 Å². The van der Waals surface area contributed by atoms with Gasteiger partial charge in [0.1, 0.15) is 22.8 Å². The highest BCUT2D eigenvalue weighted by Crippen LogP contribution is 2.34. The summed E-state index contributed by atoms with van der Waals surface area (Å²) in [6.45, 7) is 1.71. The minimum atomic E-state index is -0.668. The SMILES string of the molecule is Cc1c(O)cccc1Oc1cccc(Cl)c1C(N)=O. The van der Waals surface area contributed by atoms with Gasteiger partial charge in [-0.05, 0) is 31.2 Å². The van der Waals surface area contributed by atoms with Gasteiger partial charge in [0.15, 0.2) is 0 Å². The van der Waals surface area contributed by atoms with Gasteiger partial charge in [-0.1, -0.05) is 23.7 Å². The zero-order chi connectivity index (χ0) is 14.0. The van der Waals surface area contributed by atoms with Crippen LogP contribution < -0.4 is 10.5 Å². The van der Waals surface area contributed by atoms with Gasteiger partial charge in [0, 0.05) is 5.56 Å². The highest BCUT2D eigenvalue weighted by atomic mass is 35.5. The number of nitrogens with two attached hydrogens (primary N) is 1. The molecule has 4 nitrogen and oxygen atoms in total. The van der Waals surface area contributed by atoms with Crippen molar-refractivity contribution in [3.63, 3.8) is 0 Å². The standard InChI is InChI=1S/C14H12ClNO3/c1-8-10(17)5-3-6-11(8)19-12-7-2-4-9(15)13(12)14(16)18/h2-7,17H,1H3,(H2,16,18). The van der Waals surface area contributed by atoms with Crippen molar-refractivity contribution in [2.24, 2.45) is 5.73 Å². The predicted molar refractivity (Wildman–Crippen MR) is 72.9 cm³/mol. The fourth-order valence-corrected chi connectivity index (χ4v) is 1.92. The van der Waals surface area contributed by atoms with Gasteiger partial charge < -0.3 is 15.6 Å². The molecule has 0 aromatic heterocycles. The molecule has 0 spiro atoms. The lowest BCUT2D eigenvalue weighted by molar-refractivity contribution is 0.0998. The van der Waals surface area contributed by atoms with E-state index in [1.165, 1.54) is 0 Å². The lowest BCUT2D eigenvalue weighted by Gasteiger charge is -2.12. The molecule has 98 valence electrons. The van der Waals surface area contributed by atoms with Crippen LogP contribution in [0.15, 0.2) is 36.4 Å². The second-order valence-corrected chi connectivity index (χ2v) is 4.39. The first-order valence-electron chi connectivity index (χ1n) is 5.55. The number of aromatic hydroxyl groups is 1. The van der Waals surface area contributed by atoms with Gasteiger partial charge in [0.05, 0.1) is 5.02 Å². The highest BCUT2D eigenvalue weighted by molar-refractivity contribution is 6.34. The van der Waals surface area contributed by atoms with Crippen molar-refractivity contribution in [3.8, 4) is 17.2 Å². The molecule has 0 unspecified atom stereocenters.